The number of rotatable bonds is 3. The first-order chi connectivity index (χ1) is 11.8. The summed E-state index contributed by atoms with van der Waals surface area (Å²) in [5.41, 5.74) is 3.04. The molecule has 4 rings (SSSR count). The van der Waals surface area contributed by atoms with Crippen molar-refractivity contribution in [1.29, 1.82) is 0 Å². The average molecular weight is 326 g/mol. The molecule has 0 unspecified atom stereocenters. The van der Waals surface area contributed by atoms with Gasteiger partial charge in [-0.2, -0.15) is 0 Å². The van der Waals surface area contributed by atoms with Crippen LogP contribution in [0, 0.1) is 0 Å². The number of hydrogen-bond donors (Lipinski definition) is 1. The van der Waals surface area contributed by atoms with Crippen molar-refractivity contribution in [1.82, 2.24) is 14.9 Å². The number of hydrogen-bond acceptors (Lipinski definition) is 5. The molecule has 126 valence electrons. The molecule has 0 radical (unpaired) electrons. The van der Waals surface area contributed by atoms with Gasteiger partial charge in [-0.1, -0.05) is 30.3 Å². The van der Waals surface area contributed by atoms with E-state index < -0.39 is 0 Å². The normalized spacial score (nSPS) is 18.4. The molecule has 1 aromatic carbocycles. The Hall–Kier alpha value is -2.18. The van der Waals surface area contributed by atoms with Crippen LogP contribution in [0.5, 0.6) is 0 Å². The first-order valence-electron chi connectivity index (χ1n) is 8.50. The lowest BCUT2D eigenvalue weighted by Gasteiger charge is -2.30. The molecule has 6 nitrogen and oxygen atoms in total. The van der Waals surface area contributed by atoms with Gasteiger partial charge in [-0.3, -0.25) is 14.7 Å². The van der Waals surface area contributed by atoms with Gasteiger partial charge in [0.05, 0.1) is 24.5 Å². The summed E-state index contributed by atoms with van der Waals surface area (Å²) in [7, 11) is 0. The van der Waals surface area contributed by atoms with E-state index in [0.717, 1.165) is 43.9 Å². The van der Waals surface area contributed by atoms with Crippen LogP contribution in [0.25, 0.3) is 0 Å². The van der Waals surface area contributed by atoms with E-state index in [1.165, 1.54) is 5.56 Å². The fourth-order valence-corrected chi connectivity index (χ4v) is 3.37. The van der Waals surface area contributed by atoms with Gasteiger partial charge in [-0.25, -0.2) is 4.98 Å². The van der Waals surface area contributed by atoms with Crippen LogP contribution in [0.15, 0.2) is 35.1 Å². The van der Waals surface area contributed by atoms with Gasteiger partial charge < -0.3 is 9.64 Å². The number of fused-ring (bicyclic) bond motifs is 1. The third-order valence-electron chi connectivity index (χ3n) is 4.69. The lowest BCUT2D eigenvalue weighted by atomic mass is 10.1. The van der Waals surface area contributed by atoms with Crippen LogP contribution in [0.4, 0.5) is 5.95 Å². The maximum absolute atomic E-state index is 12.5. The van der Waals surface area contributed by atoms with Gasteiger partial charge in [0.2, 0.25) is 5.95 Å². The Kier molecular flexibility index (Phi) is 4.32. The molecule has 3 heterocycles. The number of nitrogens with zero attached hydrogens (tertiary/aromatic N) is 3. The smallest absolute Gasteiger partial charge is 0.257 e. The van der Waals surface area contributed by atoms with Crippen molar-refractivity contribution in [3.63, 3.8) is 0 Å². The number of anilines is 1. The standard InChI is InChI=1S/C18H22N4O2/c23-17-15-13-21(12-14-4-2-1-3-5-14)7-6-16(15)19-18(20-17)22-8-10-24-11-9-22/h1-5H,6-13H2,(H,19,20,23). The number of benzene rings is 1. The SMILES string of the molecule is O=c1[nH]c(N2CCOCC2)nc2c1CN(Cc1ccccc1)CC2. The number of aromatic amines is 1. The Bertz CT molecular complexity index is 753. The Balaban J connectivity index is 1.53. The molecule has 1 saturated heterocycles. The third-order valence-corrected chi connectivity index (χ3v) is 4.69. The highest BCUT2D eigenvalue weighted by Gasteiger charge is 2.23. The largest absolute Gasteiger partial charge is 0.378 e. The van der Waals surface area contributed by atoms with E-state index in [0.29, 0.717) is 25.7 Å². The molecular formula is C18H22N4O2. The van der Waals surface area contributed by atoms with E-state index in [9.17, 15) is 4.79 Å². The predicted octanol–water partition coefficient (Wildman–Crippen LogP) is 1.16. The minimum Gasteiger partial charge on any atom is -0.378 e. The van der Waals surface area contributed by atoms with Crippen molar-refractivity contribution in [2.45, 2.75) is 19.5 Å². The number of morpholine rings is 1. The number of ether oxygens (including phenoxy) is 1. The van der Waals surface area contributed by atoms with Crippen molar-refractivity contribution in [2.24, 2.45) is 0 Å². The highest BCUT2D eigenvalue weighted by atomic mass is 16.5. The summed E-state index contributed by atoms with van der Waals surface area (Å²) in [6, 6.07) is 10.4. The molecule has 1 fully saturated rings. The molecule has 2 aromatic rings. The molecule has 1 aromatic heterocycles. The van der Waals surface area contributed by atoms with Crippen LogP contribution >= 0.6 is 0 Å². The summed E-state index contributed by atoms with van der Waals surface area (Å²) >= 11 is 0. The molecule has 2 aliphatic heterocycles. The molecule has 0 amide bonds. The van der Waals surface area contributed by atoms with Crippen molar-refractivity contribution in [3.05, 3.63) is 57.5 Å². The maximum Gasteiger partial charge on any atom is 0.257 e. The van der Waals surface area contributed by atoms with Gasteiger partial charge in [0, 0.05) is 39.1 Å². The first-order valence-corrected chi connectivity index (χ1v) is 8.50. The molecule has 2 aliphatic rings. The summed E-state index contributed by atoms with van der Waals surface area (Å²) in [6.07, 6.45) is 0.823. The quantitative estimate of drug-likeness (QED) is 0.917. The molecule has 0 bridgehead atoms. The molecule has 0 saturated carbocycles. The summed E-state index contributed by atoms with van der Waals surface area (Å²) in [5.74, 6) is 0.693. The summed E-state index contributed by atoms with van der Waals surface area (Å²) in [6.45, 7) is 5.39. The van der Waals surface area contributed by atoms with E-state index in [-0.39, 0.29) is 5.56 Å². The van der Waals surface area contributed by atoms with Crippen LogP contribution < -0.4 is 10.5 Å². The van der Waals surface area contributed by atoms with Crippen LogP contribution in [0.1, 0.15) is 16.8 Å². The number of H-pyrrole nitrogens is 1. The summed E-state index contributed by atoms with van der Waals surface area (Å²) in [5, 5.41) is 0. The van der Waals surface area contributed by atoms with E-state index in [2.05, 4.69) is 39.0 Å². The number of nitrogens with one attached hydrogen (secondary N) is 1. The molecule has 6 heteroatoms. The monoisotopic (exact) mass is 326 g/mol. The van der Waals surface area contributed by atoms with Crippen molar-refractivity contribution < 1.29 is 4.74 Å². The van der Waals surface area contributed by atoms with Crippen LogP contribution in [0.2, 0.25) is 0 Å². The number of aromatic nitrogens is 2. The minimum absolute atomic E-state index is 0.000691. The second kappa shape index (κ2) is 6.75. The van der Waals surface area contributed by atoms with Crippen LogP contribution in [-0.2, 0) is 24.2 Å². The van der Waals surface area contributed by atoms with Crippen LogP contribution in [-0.4, -0.2) is 47.7 Å². The molecule has 24 heavy (non-hydrogen) atoms. The molecule has 1 N–H and O–H groups in total. The highest BCUT2D eigenvalue weighted by molar-refractivity contribution is 5.34. The fourth-order valence-electron chi connectivity index (χ4n) is 3.37. The second-order valence-corrected chi connectivity index (χ2v) is 6.36. The average Bonchev–Trinajstić information content (AvgIpc) is 2.64. The van der Waals surface area contributed by atoms with Crippen LogP contribution in [0.3, 0.4) is 0 Å². The van der Waals surface area contributed by atoms with Gasteiger partial charge in [-0.05, 0) is 5.56 Å². The molecule has 0 atom stereocenters. The van der Waals surface area contributed by atoms with Gasteiger partial charge in [0.25, 0.3) is 5.56 Å². The summed E-state index contributed by atoms with van der Waals surface area (Å²) in [4.78, 5) is 24.6. The van der Waals surface area contributed by atoms with Gasteiger partial charge >= 0.3 is 0 Å². The Labute approximate surface area is 141 Å². The second-order valence-electron chi connectivity index (χ2n) is 6.36. The van der Waals surface area contributed by atoms with E-state index >= 15 is 0 Å². The zero-order valence-electron chi connectivity index (χ0n) is 13.7. The summed E-state index contributed by atoms with van der Waals surface area (Å²) < 4.78 is 5.37. The van der Waals surface area contributed by atoms with Gasteiger partial charge in [0.15, 0.2) is 0 Å². The molecular weight excluding hydrogens is 304 g/mol. The third kappa shape index (κ3) is 3.20. The Morgan fingerprint density at radius 3 is 2.71 bits per heavy atom. The van der Waals surface area contributed by atoms with Gasteiger partial charge in [0.1, 0.15) is 0 Å². The van der Waals surface area contributed by atoms with Gasteiger partial charge in [-0.15, -0.1) is 0 Å². The van der Waals surface area contributed by atoms with E-state index in [1.807, 2.05) is 6.07 Å². The van der Waals surface area contributed by atoms with E-state index in [1.54, 1.807) is 0 Å². The topological polar surface area (TPSA) is 61.5 Å². The predicted molar refractivity (Wildman–Crippen MR) is 92.1 cm³/mol. The zero-order valence-corrected chi connectivity index (χ0v) is 13.7. The lowest BCUT2D eigenvalue weighted by Crippen LogP contribution is -2.40. The maximum atomic E-state index is 12.5. The van der Waals surface area contributed by atoms with Crippen molar-refractivity contribution in [3.8, 4) is 0 Å². The Morgan fingerprint density at radius 1 is 1.12 bits per heavy atom. The first kappa shape index (κ1) is 15.4. The Morgan fingerprint density at radius 2 is 1.92 bits per heavy atom. The molecule has 0 aliphatic carbocycles. The van der Waals surface area contributed by atoms with E-state index in [4.69, 9.17) is 9.72 Å². The zero-order chi connectivity index (χ0) is 16.4. The molecule has 0 spiro atoms. The fraction of sp³-hybridized carbons (Fsp3) is 0.444. The lowest BCUT2D eigenvalue weighted by molar-refractivity contribution is 0.122. The van der Waals surface area contributed by atoms with Crippen molar-refractivity contribution in [2.75, 3.05) is 37.7 Å². The minimum atomic E-state index is -0.000691. The highest BCUT2D eigenvalue weighted by Crippen LogP contribution is 2.18. The van der Waals surface area contributed by atoms with Crippen molar-refractivity contribution >= 4 is 5.95 Å².